The number of rotatable bonds is 3. The lowest BCUT2D eigenvalue weighted by Crippen LogP contribution is -2.33. The minimum atomic E-state index is -0.860. The fourth-order valence-corrected chi connectivity index (χ4v) is 3.38. The quantitative estimate of drug-likeness (QED) is 0.839. The SMILES string of the molecule is CC1=C(C2=NCCO2)C(c2ccc(F)cc2Cl)N=C(c2ncc(F)cc2F)N1. The number of aromatic nitrogens is 1. The van der Waals surface area contributed by atoms with E-state index in [4.69, 9.17) is 16.3 Å². The molecule has 2 aromatic rings. The van der Waals surface area contributed by atoms with E-state index in [2.05, 4.69) is 20.3 Å². The van der Waals surface area contributed by atoms with E-state index < -0.39 is 23.5 Å². The van der Waals surface area contributed by atoms with E-state index in [1.165, 1.54) is 18.2 Å². The monoisotopic (exact) mass is 406 g/mol. The Labute approximate surface area is 163 Å². The molecule has 1 unspecified atom stereocenters. The summed E-state index contributed by atoms with van der Waals surface area (Å²) >= 11 is 6.26. The number of allylic oxidation sites excluding steroid dienone is 1. The molecule has 0 spiro atoms. The molecule has 2 aliphatic heterocycles. The summed E-state index contributed by atoms with van der Waals surface area (Å²) in [6.07, 6.45) is 0.904. The maximum absolute atomic E-state index is 14.3. The molecule has 3 heterocycles. The highest BCUT2D eigenvalue weighted by atomic mass is 35.5. The van der Waals surface area contributed by atoms with Gasteiger partial charge in [0.15, 0.2) is 11.7 Å². The lowest BCUT2D eigenvalue weighted by molar-refractivity contribution is 0.345. The van der Waals surface area contributed by atoms with Crippen molar-refractivity contribution in [1.82, 2.24) is 10.3 Å². The van der Waals surface area contributed by atoms with Gasteiger partial charge < -0.3 is 10.1 Å². The number of halogens is 4. The predicted octanol–water partition coefficient (Wildman–Crippen LogP) is 3.95. The van der Waals surface area contributed by atoms with Crippen LogP contribution in [0.1, 0.15) is 24.2 Å². The number of hydrogen-bond donors (Lipinski definition) is 1. The zero-order chi connectivity index (χ0) is 19.8. The first-order chi connectivity index (χ1) is 13.4. The second-order valence-corrected chi connectivity index (χ2v) is 6.64. The van der Waals surface area contributed by atoms with Crippen molar-refractivity contribution < 1.29 is 17.9 Å². The molecule has 1 N–H and O–H groups in total. The van der Waals surface area contributed by atoms with Crippen molar-refractivity contribution >= 4 is 23.3 Å². The van der Waals surface area contributed by atoms with Gasteiger partial charge in [-0.15, -0.1) is 0 Å². The number of benzene rings is 1. The summed E-state index contributed by atoms with van der Waals surface area (Å²) < 4.78 is 46.6. The molecule has 2 aliphatic rings. The third-order valence-corrected chi connectivity index (χ3v) is 4.67. The molecule has 0 saturated heterocycles. The molecule has 4 rings (SSSR count). The second-order valence-electron chi connectivity index (χ2n) is 6.23. The molecule has 144 valence electrons. The number of nitrogens with zero attached hydrogens (tertiary/aromatic N) is 3. The van der Waals surface area contributed by atoms with Gasteiger partial charge in [-0.1, -0.05) is 17.7 Å². The largest absolute Gasteiger partial charge is 0.476 e. The minimum absolute atomic E-state index is 0.0998. The van der Waals surface area contributed by atoms with E-state index in [0.717, 1.165) is 12.3 Å². The van der Waals surface area contributed by atoms with Gasteiger partial charge in [0.2, 0.25) is 5.90 Å². The molecule has 28 heavy (non-hydrogen) atoms. The summed E-state index contributed by atoms with van der Waals surface area (Å²) in [6.45, 7) is 2.68. The van der Waals surface area contributed by atoms with Crippen molar-refractivity contribution in [2.45, 2.75) is 13.0 Å². The van der Waals surface area contributed by atoms with Crippen LogP contribution in [-0.4, -0.2) is 29.9 Å². The number of ether oxygens (including phenoxy) is 1. The summed E-state index contributed by atoms with van der Waals surface area (Å²) in [4.78, 5) is 12.7. The van der Waals surface area contributed by atoms with E-state index >= 15 is 0 Å². The maximum Gasteiger partial charge on any atom is 0.216 e. The topological polar surface area (TPSA) is 58.9 Å². The number of nitrogens with one attached hydrogen (secondary N) is 1. The number of pyridine rings is 1. The van der Waals surface area contributed by atoms with Gasteiger partial charge in [-0.3, -0.25) is 4.99 Å². The molecule has 1 aromatic heterocycles. The molecular weight excluding hydrogens is 393 g/mol. The maximum atomic E-state index is 14.3. The highest BCUT2D eigenvalue weighted by Gasteiger charge is 2.32. The third-order valence-electron chi connectivity index (χ3n) is 4.35. The van der Waals surface area contributed by atoms with Crippen LogP contribution in [0.2, 0.25) is 5.02 Å². The van der Waals surface area contributed by atoms with Crippen LogP contribution in [0.4, 0.5) is 13.2 Å². The Kier molecular flexibility index (Phi) is 4.80. The zero-order valence-electron chi connectivity index (χ0n) is 14.6. The van der Waals surface area contributed by atoms with Crippen LogP contribution in [0, 0.1) is 17.5 Å². The number of aliphatic imine (C=N–C) groups is 2. The highest BCUT2D eigenvalue weighted by Crippen LogP contribution is 2.37. The van der Waals surface area contributed by atoms with Crippen molar-refractivity contribution in [1.29, 1.82) is 0 Å². The summed E-state index contributed by atoms with van der Waals surface area (Å²) in [5.74, 6) is -1.65. The number of hydrogen-bond acceptors (Lipinski definition) is 5. The Morgan fingerprint density at radius 3 is 2.68 bits per heavy atom. The predicted molar refractivity (Wildman–Crippen MR) is 98.9 cm³/mol. The van der Waals surface area contributed by atoms with Crippen molar-refractivity contribution in [3.05, 3.63) is 75.5 Å². The number of amidine groups is 1. The summed E-state index contributed by atoms with van der Waals surface area (Å²) in [5, 5.41) is 3.14. The van der Waals surface area contributed by atoms with Gasteiger partial charge in [-0.2, -0.15) is 0 Å². The lowest BCUT2D eigenvalue weighted by atomic mass is 9.95. The molecule has 0 radical (unpaired) electrons. The fourth-order valence-electron chi connectivity index (χ4n) is 3.11. The van der Waals surface area contributed by atoms with Crippen molar-refractivity contribution in [3.8, 4) is 0 Å². The standard InChI is InChI=1S/C19H14ClF3N4O/c1-9-15(19-24-4-5-28-19)16(12-3-2-10(21)6-13(12)20)27-18(26-9)17-14(23)7-11(22)8-25-17/h2-3,6-8,16H,4-5H2,1H3,(H,26,27). The molecule has 0 amide bonds. The molecule has 9 heteroatoms. The molecule has 5 nitrogen and oxygen atoms in total. The fraction of sp³-hybridized carbons (Fsp3) is 0.211. The van der Waals surface area contributed by atoms with Crippen LogP contribution < -0.4 is 5.32 Å². The average molecular weight is 407 g/mol. The van der Waals surface area contributed by atoms with Crippen molar-refractivity contribution in [2.75, 3.05) is 13.2 Å². The molecule has 0 aliphatic carbocycles. The van der Waals surface area contributed by atoms with Crippen LogP contribution >= 0.6 is 11.6 Å². The van der Waals surface area contributed by atoms with E-state index in [0.29, 0.717) is 35.9 Å². The molecular formula is C19H14ClF3N4O. The molecule has 0 saturated carbocycles. The van der Waals surface area contributed by atoms with Crippen LogP contribution in [0.15, 0.2) is 51.7 Å². The normalized spacial score (nSPS) is 19.1. The van der Waals surface area contributed by atoms with Crippen LogP contribution in [0.5, 0.6) is 0 Å². The van der Waals surface area contributed by atoms with Gasteiger partial charge in [-0.25, -0.2) is 23.1 Å². The summed E-state index contributed by atoms with van der Waals surface area (Å²) in [6, 6.07) is 3.94. The van der Waals surface area contributed by atoms with Gasteiger partial charge in [-0.05, 0) is 19.1 Å². The summed E-state index contributed by atoms with van der Waals surface area (Å²) in [7, 11) is 0. The molecule has 0 fully saturated rings. The van der Waals surface area contributed by atoms with Crippen LogP contribution in [0.25, 0.3) is 0 Å². The van der Waals surface area contributed by atoms with Crippen molar-refractivity contribution in [2.24, 2.45) is 9.98 Å². The van der Waals surface area contributed by atoms with E-state index in [1.807, 2.05) is 0 Å². The van der Waals surface area contributed by atoms with Gasteiger partial charge in [0.25, 0.3) is 0 Å². The van der Waals surface area contributed by atoms with Crippen molar-refractivity contribution in [3.63, 3.8) is 0 Å². The zero-order valence-corrected chi connectivity index (χ0v) is 15.4. The molecule has 0 bridgehead atoms. The Bertz CT molecular complexity index is 1050. The minimum Gasteiger partial charge on any atom is -0.476 e. The lowest BCUT2D eigenvalue weighted by Gasteiger charge is -2.27. The molecule has 1 aromatic carbocycles. The second kappa shape index (κ2) is 7.27. The Balaban J connectivity index is 1.86. The van der Waals surface area contributed by atoms with Gasteiger partial charge >= 0.3 is 0 Å². The first-order valence-corrected chi connectivity index (χ1v) is 8.81. The molecule has 1 atom stereocenters. The van der Waals surface area contributed by atoms with Crippen LogP contribution in [-0.2, 0) is 4.74 Å². The first-order valence-electron chi connectivity index (χ1n) is 8.43. The van der Waals surface area contributed by atoms with Gasteiger partial charge in [0.1, 0.15) is 30.0 Å². The van der Waals surface area contributed by atoms with E-state index in [1.54, 1.807) is 6.92 Å². The Morgan fingerprint density at radius 1 is 1.18 bits per heavy atom. The summed E-state index contributed by atoms with van der Waals surface area (Å²) in [5.41, 5.74) is 1.56. The van der Waals surface area contributed by atoms with Gasteiger partial charge in [0.05, 0.1) is 18.3 Å². The first kappa shape index (κ1) is 18.5. The third kappa shape index (κ3) is 3.35. The van der Waals surface area contributed by atoms with E-state index in [9.17, 15) is 13.2 Å². The smallest absolute Gasteiger partial charge is 0.216 e. The van der Waals surface area contributed by atoms with E-state index in [-0.39, 0.29) is 16.6 Å². The highest BCUT2D eigenvalue weighted by molar-refractivity contribution is 6.31. The Hall–Kier alpha value is -2.87. The average Bonchev–Trinajstić information content (AvgIpc) is 3.15. The Morgan fingerprint density at radius 2 is 2.00 bits per heavy atom. The van der Waals surface area contributed by atoms with Crippen LogP contribution in [0.3, 0.4) is 0 Å². The van der Waals surface area contributed by atoms with Gasteiger partial charge in [0, 0.05) is 22.3 Å².